The van der Waals surface area contributed by atoms with Crippen molar-refractivity contribution in [1.29, 1.82) is 0 Å². The summed E-state index contributed by atoms with van der Waals surface area (Å²) in [5.41, 5.74) is 0.462. The second-order valence-electron chi connectivity index (χ2n) is 7.04. The van der Waals surface area contributed by atoms with Crippen molar-refractivity contribution in [2.45, 2.75) is 80.2 Å². The topological polar surface area (TPSA) is 12.0 Å². The Balaban J connectivity index is 4.23. The molecule has 0 saturated carbocycles. The number of hydrogen-bond donors (Lipinski definition) is 1. The summed E-state index contributed by atoms with van der Waals surface area (Å²) in [7, 11) is 0. The lowest BCUT2D eigenvalue weighted by Gasteiger charge is -2.30. The third kappa shape index (κ3) is 8.65. The van der Waals surface area contributed by atoms with Crippen molar-refractivity contribution in [3.63, 3.8) is 0 Å². The Hall–Kier alpha value is -0.0400. The van der Waals surface area contributed by atoms with Crippen LogP contribution in [0.2, 0.25) is 0 Å². The number of nitrogens with one attached hydrogen (secondary N) is 1. The van der Waals surface area contributed by atoms with Gasteiger partial charge in [0, 0.05) is 6.04 Å². The van der Waals surface area contributed by atoms with E-state index in [4.69, 9.17) is 0 Å². The minimum absolute atomic E-state index is 0.462. The Labute approximate surface area is 110 Å². The van der Waals surface area contributed by atoms with E-state index in [0.717, 1.165) is 18.4 Å². The highest BCUT2D eigenvalue weighted by Crippen LogP contribution is 2.28. The fourth-order valence-corrected chi connectivity index (χ4v) is 3.00. The third-order valence-electron chi connectivity index (χ3n) is 3.51. The lowest BCUT2D eigenvalue weighted by atomic mass is 9.80. The summed E-state index contributed by atoms with van der Waals surface area (Å²) < 4.78 is 0. The molecule has 0 aromatic heterocycles. The maximum absolute atomic E-state index is 3.68. The zero-order chi connectivity index (χ0) is 13.5. The van der Waals surface area contributed by atoms with E-state index >= 15 is 0 Å². The van der Waals surface area contributed by atoms with Crippen LogP contribution >= 0.6 is 0 Å². The zero-order valence-corrected chi connectivity index (χ0v) is 13.3. The van der Waals surface area contributed by atoms with Crippen LogP contribution < -0.4 is 5.32 Å². The molecule has 3 atom stereocenters. The van der Waals surface area contributed by atoms with Gasteiger partial charge in [0.05, 0.1) is 0 Å². The van der Waals surface area contributed by atoms with Gasteiger partial charge in [-0.25, -0.2) is 0 Å². The van der Waals surface area contributed by atoms with Crippen LogP contribution in [0.1, 0.15) is 74.1 Å². The highest BCUT2D eigenvalue weighted by atomic mass is 14.9. The molecular weight excluding hydrogens is 206 g/mol. The lowest BCUT2D eigenvalue weighted by molar-refractivity contribution is 0.244. The third-order valence-corrected chi connectivity index (χ3v) is 3.51. The van der Waals surface area contributed by atoms with Gasteiger partial charge >= 0.3 is 0 Å². The van der Waals surface area contributed by atoms with E-state index in [2.05, 4.69) is 53.8 Å². The van der Waals surface area contributed by atoms with Crippen LogP contribution in [0.15, 0.2) is 0 Å². The lowest BCUT2D eigenvalue weighted by Crippen LogP contribution is -2.36. The van der Waals surface area contributed by atoms with Crippen LogP contribution in [-0.2, 0) is 0 Å². The largest absolute Gasteiger partial charge is 0.314 e. The van der Waals surface area contributed by atoms with Gasteiger partial charge in [-0.15, -0.1) is 0 Å². The fourth-order valence-electron chi connectivity index (χ4n) is 3.00. The molecule has 0 aliphatic carbocycles. The minimum Gasteiger partial charge on any atom is -0.314 e. The smallest absolute Gasteiger partial charge is 0.00951 e. The first-order chi connectivity index (χ1) is 7.80. The highest BCUT2D eigenvalue weighted by Gasteiger charge is 2.21. The van der Waals surface area contributed by atoms with Gasteiger partial charge in [-0.2, -0.15) is 0 Å². The van der Waals surface area contributed by atoms with Crippen molar-refractivity contribution in [1.82, 2.24) is 5.32 Å². The first kappa shape index (κ1) is 17.0. The highest BCUT2D eigenvalue weighted by molar-refractivity contribution is 4.77. The number of rotatable bonds is 8. The molecular formula is C16H35N. The van der Waals surface area contributed by atoms with E-state index in [1.165, 1.54) is 25.7 Å². The molecule has 0 aliphatic rings. The molecule has 1 nitrogen and oxygen atoms in total. The standard InChI is InChI=1S/C16H35N/c1-8-10-14(4)15(17-9-2)11-13(3)12-16(5,6)7/h13-15,17H,8-12H2,1-7H3. The molecule has 0 rings (SSSR count). The van der Waals surface area contributed by atoms with E-state index in [9.17, 15) is 0 Å². The van der Waals surface area contributed by atoms with Crippen molar-refractivity contribution in [2.75, 3.05) is 6.54 Å². The predicted octanol–water partition coefficient (Wildman–Crippen LogP) is 4.86. The normalized spacial score (nSPS) is 17.8. The average Bonchev–Trinajstić information content (AvgIpc) is 2.14. The number of hydrogen-bond acceptors (Lipinski definition) is 1. The zero-order valence-electron chi connectivity index (χ0n) is 13.3. The molecule has 104 valence electrons. The van der Waals surface area contributed by atoms with Crippen LogP contribution in [-0.4, -0.2) is 12.6 Å². The molecule has 3 unspecified atom stereocenters. The van der Waals surface area contributed by atoms with Crippen LogP contribution in [0, 0.1) is 17.3 Å². The molecule has 0 saturated heterocycles. The Morgan fingerprint density at radius 1 is 1.06 bits per heavy atom. The first-order valence-electron chi connectivity index (χ1n) is 7.53. The molecule has 0 aromatic carbocycles. The SMILES string of the molecule is CCCC(C)C(CC(C)CC(C)(C)C)NCC. The van der Waals surface area contributed by atoms with Gasteiger partial charge in [0.1, 0.15) is 0 Å². The molecule has 0 spiro atoms. The molecule has 0 aromatic rings. The van der Waals surface area contributed by atoms with Gasteiger partial charge in [0.25, 0.3) is 0 Å². The summed E-state index contributed by atoms with van der Waals surface area (Å²) >= 11 is 0. The molecule has 0 amide bonds. The van der Waals surface area contributed by atoms with Gasteiger partial charge < -0.3 is 5.32 Å². The second kappa shape index (κ2) is 8.13. The molecule has 0 heterocycles. The summed E-state index contributed by atoms with van der Waals surface area (Å²) in [6.07, 6.45) is 5.30. The summed E-state index contributed by atoms with van der Waals surface area (Å²) in [4.78, 5) is 0. The summed E-state index contributed by atoms with van der Waals surface area (Å²) in [6, 6.07) is 0.706. The van der Waals surface area contributed by atoms with Crippen LogP contribution in [0.3, 0.4) is 0 Å². The van der Waals surface area contributed by atoms with Gasteiger partial charge in [-0.05, 0) is 43.1 Å². The molecule has 0 radical (unpaired) electrons. The minimum atomic E-state index is 0.462. The predicted molar refractivity (Wildman–Crippen MR) is 79.4 cm³/mol. The van der Waals surface area contributed by atoms with Crippen molar-refractivity contribution >= 4 is 0 Å². The Bertz CT molecular complexity index is 180. The Morgan fingerprint density at radius 3 is 2.06 bits per heavy atom. The molecule has 0 bridgehead atoms. The van der Waals surface area contributed by atoms with Crippen molar-refractivity contribution < 1.29 is 0 Å². The molecule has 0 aliphatic heterocycles. The molecule has 1 N–H and O–H groups in total. The van der Waals surface area contributed by atoms with E-state index < -0.39 is 0 Å². The van der Waals surface area contributed by atoms with Crippen LogP contribution in [0.4, 0.5) is 0 Å². The maximum Gasteiger partial charge on any atom is 0.00951 e. The monoisotopic (exact) mass is 241 g/mol. The van der Waals surface area contributed by atoms with Gasteiger partial charge in [-0.1, -0.05) is 54.9 Å². The van der Waals surface area contributed by atoms with Crippen LogP contribution in [0.25, 0.3) is 0 Å². The summed E-state index contributed by atoms with van der Waals surface area (Å²) in [5, 5.41) is 3.68. The summed E-state index contributed by atoms with van der Waals surface area (Å²) in [6.45, 7) is 17.5. The van der Waals surface area contributed by atoms with Gasteiger partial charge in [0.15, 0.2) is 0 Å². The fraction of sp³-hybridized carbons (Fsp3) is 1.00. The van der Waals surface area contributed by atoms with Crippen LogP contribution in [0.5, 0.6) is 0 Å². The quantitative estimate of drug-likeness (QED) is 0.639. The van der Waals surface area contributed by atoms with Crippen molar-refractivity contribution in [3.05, 3.63) is 0 Å². The van der Waals surface area contributed by atoms with E-state index in [1.54, 1.807) is 0 Å². The van der Waals surface area contributed by atoms with Gasteiger partial charge in [-0.3, -0.25) is 0 Å². The molecule has 17 heavy (non-hydrogen) atoms. The van der Waals surface area contributed by atoms with E-state index in [1.807, 2.05) is 0 Å². The molecule has 0 fully saturated rings. The van der Waals surface area contributed by atoms with E-state index in [0.29, 0.717) is 11.5 Å². The van der Waals surface area contributed by atoms with Crippen molar-refractivity contribution in [2.24, 2.45) is 17.3 Å². The average molecular weight is 241 g/mol. The van der Waals surface area contributed by atoms with Gasteiger partial charge in [0.2, 0.25) is 0 Å². The first-order valence-corrected chi connectivity index (χ1v) is 7.53. The Kier molecular flexibility index (Phi) is 8.11. The molecule has 1 heteroatoms. The Morgan fingerprint density at radius 2 is 1.65 bits per heavy atom. The second-order valence-corrected chi connectivity index (χ2v) is 7.04. The summed E-state index contributed by atoms with van der Waals surface area (Å²) in [5.74, 6) is 1.63. The van der Waals surface area contributed by atoms with E-state index in [-0.39, 0.29) is 0 Å². The van der Waals surface area contributed by atoms with Crippen molar-refractivity contribution in [3.8, 4) is 0 Å². The maximum atomic E-state index is 3.68.